The fourth-order valence-electron chi connectivity index (χ4n) is 7.52. The van der Waals surface area contributed by atoms with Crippen LogP contribution < -0.4 is 25.0 Å². The van der Waals surface area contributed by atoms with Crippen molar-refractivity contribution in [3.8, 4) is 17.2 Å². The van der Waals surface area contributed by atoms with Crippen molar-refractivity contribution >= 4 is 40.5 Å². The molecule has 0 saturated carbocycles. The van der Waals surface area contributed by atoms with Gasteiger partial charge in [0.1, 0.15) is 23.9 Å². The Morgan fingerprint density at radius 2 is 1.41 bits per heavy atom. The lowest BCUT2D eigenvalue weighted by atomic mass is 9.97. The zero-order valence-electron chi connectivity index (χ0n) is 36.6. The van der Waals surface area contributed by atoms with Gasteiger partial charge in [-0.25, -0.2) is 4.79 Å². The molecule has 0 bridgehead atoms. The van der Waals surface area contributed by atoms with Gasteiger partial charge in [0.05, 0.1) is 48.2 Å². The third kappa shape index (κ3) is 12.5. The van der Waals surface area contributed by atoms with E-state index in [1.807, 2.05) is 29.5 Å². The number of esters is 3. The number of benzene rings is 1. The van der Waals surface area contributed by atoms with Gasteiger partial charge in [0.2, 0.25) is 12.0 Å². The maximum Gasteiger partial charge on any atom is 0.342 e. The maximum atomic E-state index is 14.0. The number of rotatable bonds is 20. The summed E-state index contributed by atoms with van der Waals surface area (Å²) in [6, 6.07) is -0.746. The van der Waals surface area contributed by atoms with Gasteiger partial charge in [-0.2, -0.15) is 5.48 Å². The molecule has 3 aliphatic rings. The third-order valence-electron chi connectivity index (χ3n) is 10.6. The molecule has 3 fully saturated rings. The second-order valence-corrected chi connectivity index (χ2v) is 16.0. The van der Waals surface area contributed by atoms with Crippen molar-refractivity contribution < 1.29 is 86.3 Å². The summed E-state index contributed by atoms with van der Waals surface area (Å²) in [5.74, 6) is -2.08. The molecule has 0 radical (unpaired) electrons. The number of nitrogens with one attached hydrogen (secondary N) is 2. The minimum atomic E-state index is -1.29. The molecule has 4 N–H and O–H groups in total. The number of hydrogen-bond acceptors (Lipinski definition) is 20. The van der Waals surface area contributed by atoms with Crippen LogP contribution in [-0.4, -0.2) is 162 Å². The summed E-state index contributed by atoms with van der Waals surface area (Å²) < 4.78 is 70.3. The first kappa shape index (κ1) is 51.0. The number of unbranched alkanes of at least 4 members (excludes halogenated alkanes) is 1. The summed E-state index contributed by atoms with van der Waals surface area (Å²) in [5.41, 5.74) is 3.20. The lowest BCUT2D eigenvalue weighted by Gasteiger charge is -2.44. The van der Waals surface area contributed by atoms with Crippen LogP contribution in [-0.2, 0) is 57.1 Å². The molecule has 20 nitrogen and oxygen atoms in total. The van der Waals surface area contributed by atoms with Crippen LogP contribution in [0.4, 0.5) is 0 Å². The Morgan fingerprint density at radius 1 is 0.770 bits per heavy atom. The van der Waals surface area contributed by atoms with Gasteiger partial charge in [-0.05, 0) is 81.8 Å². The van der Waals surface area contributed by atoms with E-state index in [-0.39, 0.29) is 29.2 Å². The van der Waals surface area contributed by atoms with E-state index in [1.165, 1.54) is 42.3 Å². The third-order valence-corrected chi connectivity index (χ3v) is 11.9. The summed E-state index contributed by atoms with van der Waals surface area (Å²) in [4.78, 5) is 44.0. The minimum Gasteiger partial charge on any atom is -0.492 e. The van der Waals surface area contributed by atoms with Gasteiger partial charge >= 0.3 is 17.9 Å². The molecule has 0 amide bonds. The Balaban J connectivity index is 1.47. The lowest BCUT2D eigenvalue weighted by Crippen LogP contribution is -2.63. The van der Waals surface area contributed by atoms with Crippen molar-refractivity contribution in [1.82, 2.24) is 10.8 Å². The largest absolute Gasteiger partial charge is 0.492 e. The number of hydroxylamine groups is 1. The number of carbonyl (C=O) groups is 3. The molecule has 1 aromatic carbocycles. The Hall–Kier alpha value is -2.68. The number of methoxy groups -OCH3 is 4. The van der Waals surface area contributed by atoms with E-state index in [9.17, 15) is 24.6 Å². The minimum absolute atomic E-state index is 0.0109. The van der Waals surface area contributed by atoms with Gasteiger partial charge in [0, 0.05) is 41.1 Å². The van der Waals surface area contributed by atoms with Crippen LogP contribution in [0.3, 0.4) is 0 Å². The first-order valence-corrected chi connectivity index (χ1v) is 21.4. The van der Waals surface area contributed by atoms with E-state index in [0.717, 1.165) is 25.9 Å². The van der Waals surface area contributed by atoms with E-state index in [2.05, 4.69) is 10.8 Å². The molecule has 0 spiro atoms. The van der Waals surface area contributed by atoms with Gasteiger partial charge in [0.25, 0.3) is 0 Å². The highest BCUT2D eigenvalue weighted by Crippen LogP contribution is 2.47. The predicted octanol–water partition coefficient (Wildman–Crippen LogP) is 2.06. The van der Waals surface area contributed by atoms with E-state index in [0.29, 0.717) is 15.7 Å². The molecule has 21 heteroatoms. The molecule has 0 aromatic heterocycles. The molecule has 61 heavy (non-hydrogen) atoms. The Labute approximate surface area is 370 Å². The fourth-order valence-corrected chi connectivity index (χ4v) is 8.16. The molecule has 0 unspecified atom stereocenters. The standard InChI is InChI=1S/C40H63IN2O18/c1-12-42-15-13-14-16-53-34-29(47)28(19(3)55-39(34)52-11)43-61-25-17-24(46)30(20(4)54-25)59-38(48)26-18(2)27(41)33(36(51-10)32(26)49-8)60-40-37(58-23(7)45)35(50-9)31(21(5)56-40)57-22(6)44/h19-21,24-25,28-31,34-35,37,39-40,42-43,46-47H,12-17H2,1-11H3/t19-,20-,21+,24+,25+,28-,29+,30-,31+,34-,35-,37-,39+,40+/m1/s1. The summed E-state index contributed by atoms with van der Waals surface area (Å²) >= 11 is 1.97. The quantitative estimate of drug-likeness (QED) is 0.0481. The molecular weight excluding hydrogens is 923 g/mol. The van der Waals surface area contributed by atoms with Crippen molar-refractivity contribution in [2.75, 3.05) is 48.1 Å². The van der Waals surface area contributed by atoms with E-state index >= 15 is 0 Å². The number of hydrogen-bond donors (Lipinski definition) is 4. The van der Waals surface area contributed by atoms with Crippen molar-refractivity contribution in [2.45, 2.75) is 154 Å². The summed E-state index contributed by atoms with van der Waals surface area (Å²) in [7, 11) is 5.53. The number of ether oxygens (including phenoxy) is 12. The van der Waals surface area contributed by atoms with Crippen molar-refractivity contribution in [3.63, 3.8) is 0 Å². The molecule has 1 aromatic rings. The first-order chi connectivity index (χ1) is 29.0. The maximum absolute atomic E-state index is 14.0. The average Bonchev–Trinajstić information content (AvgIpc) is 3.20. The Bertz CT molecular complexity index is 1600. The van der Waals surface area contributed by atoms with Crippen LogP contribution >= 0.6 is 22.6 Å². The second-order valence-electron chi connectivity index (χ2n) is 14.9. The molecule has 348 valence electrons. The van der Waals surface area contributed by atoms with Gasteiger partial charge in [-0.1, -0.05) is 6.92 Å². The van der Waals surface area contributed by atoms with E-state index in [1.54, 1.807) is 27.7 Å². The normalized spacial score (nSPS) is 32.8. The molecule has 3 saturated heterocycles. The molecule has 3 aliphatic heterocycles. The summed E-state index contributed by atoms with van der Waals surface area (Å²) in [6.45, 7) is 13.3. The molecule has 14 atom stereocenters. The SMILES string of the molecule is CCNCCCCO[C@H]1[C@@H](OC)O[C@H](C)[C@@H](NO[C@H]2C[C@H](O)[C@H](OC(=O)c3c(C)c(I)c(O[C@@H]4O[C@@H](C)[C@H](OC(C)=O)[C@@H](OC)[C@H]4OC(C)=O)c(OC)c3OC)[C@@H](C)O2)[C@@H]1O. The number of aliphatic hydroxyl groups excluding tert-OH is 2. The van der Waals surface area contributed by atoms with Gasteiger partial charge in [-0.15, -0.1) is 0 Å². The second kappa shape index (κ2) is 23.8. The lowest BCUT2D eigenvalue weighted by molar-refractivity contribution is -0.307. The first-order valence-electron chi connectivity index (χ1n) is 20.3. The number of carbonyl (C=O) groups excluding carboxylic acids is 3. The van der Waals surface area contributed by atoms with Crippen LogP contribution in [0.1, 0.15) is 76.7 Å². The highest BCUT2D eigenvalue weighted by Gasteiger charge is 2.51. The van der Waals surface area contributed by atoms with Crippen LogP contribution in [0.25, 0.3) is 0 Å². The molecule has 3 heterocycles. The summed E-state index contributed by atoms with van der Waals surface area (Å²) in [6.07, 6.45) is -11.0. The van der Waals surface area contributed by atoms with E-state index < -0.39 is 104 Å². The van der Waals surface area contributed by atoms with Crippen molar-refractivity contribution in [3.05, 3.63) is 14.7 Å². The zero-order valence-corrected chi connectivity index (χ0v) is 38.8. The molecule has 0 aliphatic carbocycles. The van der Waals surface area contributed by atoms with Crippen molar-refractivity contribution in [1.29, 1.82) is 0 Å². The highest BCUT2D eigenvalue weighted by molar-refractivity contribution is 14.1. The van der Waals surface area contributed by atoms with E-state index in [4.69, 9.17) is 61.7 Å². The smallest absolute Gasteiger partial charge is 0.342 e. The van der Waals surface area contributed by atoms with Gasteiger partial charge in [0.15, 0.2) is 42.4 Å². The fraction of sp³-hybridized carbons (Fsp3) is 0.775. The summed E-state index contributed by atoms with van der Waals surface area (Å²) in [5, 5.41) is 25.8. The van der Waals surface area contributed by atoms with Crippen molar-refractivity contribution in [2.24, 2.45) is 0 Å². The van der Waals surface area contributed by atoms with Crippen LogP contribution in [0.2, 0.25) is 0 Å². The number of aliphatic hydroxyl groups is 2. The van der Waals surface area contributed by atoms with Crippen LogP contribution in [0.15, 0.2) is 0 Å². The van der Waals surface area contributed by atoms with Gasteiger partial charge < -0.3 is 72.4 Å². The Morgan fingerprint density at radius 3 is 2.00 bits per heavy atom. The average molecular weight is 987 g/mol. The molecular formula is C40H63IN2O18. The monoisotopic (exact) mass is 986 g/mol. The molecule has 4 rings (SSSR count). The van der Waals surface area contributed by atoms with Crippen LogP contribution in [0.5, 0.6) is 17.2 Å². The zero-order chi connectivity index (χ0) is 45.1. The van der Waals surface area contributed by atoms with Gasteiger partial charge in [-0.3, -0.25) is 14.4 Å². The van der Waals surface area contributed by atoms with Crippen LogP contribution in [0, 0.1) is 10.5 Å². The number of halogens is 1. The highest BCUT2D eigenvalue weighted by atomic mass is 127. The Kier molecular flexibility index (Phi) is 19.9. The predicted molar refractivity (Wildman–Crippen MR) is 221 cm³/mol. The topological polar surface area (TPSA) is 236 Å².